The molecule has 7 nitrogen and oxygen atoms in total. The van der Waals surface area contributed by atoms with Crippen molar-refractivity contribution in [2.24, 2.45) is 0 Å². The Morgan fingerprint density at radius 2 is 2.50 bits per heavy atom. The van der Waals surface area contributed by atoms with E-state index in [-0.39, 0.29) is 6.79 Å². The van der Waals surface area contributed by atoms with Gasteiger partial charge >= 0.3 is 0 Å². The van der Waals surface area contributed by atoms with Crippen LogP contribution in [0.5, 0.6) is 0 Å². The Hall–Kier alpha value is -1.02. The highest BCUT2D eigenvalue weighted by Gasteiger charge is 1.93. The van der Waals surface area contributed by atoms with Gasteiger partial charge in [-0.05, 0) is 5.64 Å². The van der Waals surface area contributed by atoms with Crippen LogP contribution in [0.25, 0.3) is 0 Å². The molecule has 0 aromatic carbocycles. The first kappa shape index (κ1) is 7.09. The maximum atomic E-state index is 4.25. The van der Waals surface area contributed by atoms with Crippen molar-refractivity contribution in [2.45, 2.75) is 0 Å². The average Bonchev–Trinajstić information content (AvgIpc) is 2.67. The Bertz CT molecular complexity index is 115. The predicted molar refractivity (Wildman–Crippen MR) is 27.6 cm³/mol. The fourth-order valence-electron chi connectivity index (χ4n) is 0.287. The van der Waals surface area contributed by atoms with Gasteiger partial charge < -0.3 is 0 Å². The molecule has 7 heteroatoms. The Labute approximate surface area is 56.1 Å². The largest absolute Gasteiger partial charge is 0.266 e. The van der Waals surface area contributed by atoms with E-state index in [9.17, 15) is 0 Å². The Balaban J connectivity index is 0.0000001000. The number of rotatable bonds is 0. The molecule has 0 bridgehead atoms. The van der Waals surface area contributed by atoms with Crippen molar-refractivity contribution in [3.8, 4) is 0 Å². The van der Waals surface area contributed by atoms with Gasteiger partial charge in [0.1, 0.15) is 12.7 Å². The fraction of sp³-hybridized carbons (Fsp3) is 0.333. The van der Waals surface area contributed by atoms with E-state index in [0.29, 0.717) is 0 Å². The lowest BCUT2D eigenvalue weighted by molar-refractivity contribution is -0.291. The van der Waals surface area contributed by atoms with E-state index in [0.717, 1.165) is 0 Å². The van der Waals surface area contributed by atoms with Gasteiger partial charge in [-0.1, -0.05) is 0 Å². The molecular weight excluding hydrogens is 140 g/mol. The van der Waals surface area contributed by atoms with Gasteiger partial charge in [0, 0.05) is 0 Å². The first-order valence-corrected chi connectivity index (χ1v) is 2.44. The summed E-state index contributed by atoms with van der Waals surface area (Å²) in [6.07, 6.45) is 2.96. The zero-order valence-corrected chi connectivity index (χ0v) is 4.98. The third-order valence-corrected chi connectivity index (χ3v) is 0.590. The maximum Gasteiger partial charge on any atom is 0.205 e. The van der Waals surface area contributed by atoms with Gasteiger partial charge in [0.15, 0.2) is 0 Å². The minimum absolute atomic E-state index is 0.167. The highest BCUT2D eigenvalue weighted by atomic mass is 17.4. The lowest BCUT2D eigenvalue weighted by Gasteiger charge is -1.74. The molecular formula is C3H6N4O3. The molecule has 1 saturated heterocycles. The van der Waals surface area contributed by atoms with Crippen LogP contribution in [-0.2, 0) is 14.7 Å². The fourth-order valence-corrected chi connectivity index (χ4v) is 0.287. The van der Waals surface area contributed by atoms with E-state index in [1.165, 1.54) is 12.7 Å². The maximum absolute atomic E-state index is 4.25. The standard InChI is InChI=1S/C2H3N3.CH3NO3/c2*1-3-2-5-4-1/h1-2H,(H,3,4,5);2H,1H2. The second-order valence-corrected chi connectivity index (χ2v) is 1.20. The second kappa shape index (κ2) is 4.82. The normalized spacial score (nSPS) is 16.0. The molecule has 0 atom stereocenters. The van der Waals surface area contributed by atoms with E-state index in [1.807, 2.05) is 5.64 Å². The molecule has 0 saturated carbocycles. The van der Waals surface area contributed by atoms with Crippen LogP contribution in [0, 0.1) is 0 Å². The lowest BCUT2D eigenvalue weighted by atomic mass is 11.3. The molecule has 1 aromatic heterocycles. The van der Waals surface area contributed by atoms with E-state index >= 15 is 0 Å². The molecule has 0 radical (unpaired) electrons. The first-order valence-electron chi connectivity index (χ1n) is 2.44. The highest BCUT2D eigenvalue weighted by Crippen LogP contribution is 1.80. The van der Waals surface area contributed by atoms with E-state index in [2.05, 4.69) is 29.9 Å². The molecule has 1 aliphatic heterocycles. The summed E-state index contributed by atoms with van der Waals surface area (Å²) in [5.41, 5.74) is 2.00. The summed E-state index contributed by atoms with van der Waals surface area (Å²) in [6.45, 7) is 0.167. The van der Waals surface area contributed by atoms with Gasteiger partial charge in [0.05, 0.1) is 0 Å². The molecule has 2 N–H and O–H groups in total. The third kappa shape index (κ3) is 3.10. The monoisotopic (exact) mass is 146 g/mol. The van der Waals surface area contributed by atoms with Crippen LogP contribution in [0.2, 0.25) is 0 Å². The minimum atomic E-state index is 0.167. The summed E-state index contributed by atoms with van der Waals surface area (Å²) < 4.78 is 0. The third-order valence-electron chi connectivity index (χ3n) is 0.590. The van der Waals surface area contributed by atoms with Crippen LogP contribution >= 0.6 is 0 Å². The summed E-state index contributed by atoms with van der Waals surface area (Å²) in [7, 11) is 0. The van der Waals surface area contributed by atoms with Crippen LogP contribution in [0.3, 0.4) is 0 Å². The molecule has 1 aliphatic rings. The molecule has 1 aromatic rings. The van der Waals surface area contributed by atoms with Crippen molar-refractivity contribution >= 4 is 0 Å². The van der Waals surface area contributed by atoms with Crippen molar-refractivity contribution in [2.75, 3.05) is 6.79 Å². The molecule has 0 spiro atoms. The number of hydrogen-bond donors (Lipinski definition) is 2. The Morgan fingerprint density at radius 1 is 1.50 bits per heavy atom. The lowest BCUT2D eigenvalue weighted by Crippen LogP contribution is -1.99. The molecule has 1 fully saturated rings. The van der Waals surface area contributed by atoms with Crippen molar-refractivity contribution < 1.29 is 14.7 Å². The number of aromatic nitrogens is 3. The summed E-state index contributed by atoms with van der Waals surface area (Å²) in [4.78, 5) is 15.9. The van der Waals surface area contributed by atoms with E-state index in [4.69, 9.17) is 0 Å². The minimum Gasteiger partial charge on any atom is -0.266 e. The van der Waals surface area contributed by atoms with Gasteiger partial charge in [-0.25, -0.2) is 9.82 Å². The topological polar surface area (TPSA) is 81.3 Å². The quantitative estimate of drug-likeness (QED) is 0.464. The summed E-state index contributed by atoms with van der Waals surface area (Å²) in [5.74, 6) is 0. The van der Waals surface area contributed by atoms with Gasteiger partial charge in [-0.3, -0.25) is 5.10 Å². The smallest absolute Gasteiger partial charge is 0.205 e. The number of nitrogens with zero attached hydrogens (tertiary/aromatic N) is 2. The van der Waals surface area contributed by atoms with Crippen molar-refractivity contribution in [3.63, 3.8) is 0 Å². The van der Waals surface area contributed by atoms with Crippen molar-refractivity contribution in [3.05, 3.63) is 12.7 Å². The molecule has 0 aliphatic carbocycles. The van der Waals surface area contributed by atoms with Gasteiger partial charge in [-0.15, -0.1) is 4.99 Å². The number of hydrogen-bond acceptors (Lipinski definition) is 6. The van der Waals surface area contributed by atoms with Crippen LogP contribution in [-0.4, -0.2) is 22.0 Å². The SMILES string of the molecule is C1ONOO1.c1nc[nH]n1. The first-order chi connectivity index (χ1) is 5.00. The highest BCUT2D eigenvalue weighted by molar-refractivity contribution is 4.43. The number of H-pyrrole nitrogens is 1. The van der Waals surface area contributed by atoms with Crippen molar-refractivity contribution in [1.29, 1.82) is 0 Å². The number of nitrogens with one attached hydrogen (secondary N) is 2. The van der Waals surface area contributed by atoms with Crippen molar-refractivity contribution in [1.82, 2.24) is 20.8 Å². The van der Waals surface area contributed by atoms with Crippen LogP contribution in [0.15, 0.2) is 12.7 Å². The Morgan fingerprint density at radius 3 is 2.70 bits per heavy atom. The molecule has 10 heavy (non-hydrogen) atoms. The zero-order valence-electron chi connectivity index (χ0n) is 4.98. The van der Waals surface area contributed by atoms with Crippen LogP contribution < -0.4 is 5.64 Å². The second-order valence-electron chi connectivity index (χ2n) is 1.20. The summed E-state index contributed by atoms with van der Waals surface area (Å²) in [5, 5.41) is 5.99. The van der Waals surface area contributed by atoms with Gasteiger partial charge in [0.25, 0.3) is 0 Å². The summed E-state index contributed by atoms with van der Waals surface area (Å²) in [6, 6.07) is 0. The van der Waals surface area contributed by atoms with E-state index < -0.39 is 0 Å². The van der Waals surface area contributed by atoms with Gasteiger partial charge in [0.2, 0.25) is 6.79 Å². The van der Waals surface area contributed by atoms with Crippen LogP contribution in [0.1, 0.15) is 0 Å². The Kier molecular flexibility index (Phi) is 3.42. The average molecular weight is 146 g/mol. The molecule has 2 heterocycles. The molecule has 2 rings (SSSR count). The molecule has 0 unspecified atom stereocenters. The number of aromatic amines is 1. The predicted octanol–water partition coefficient (Wildman–Crippen LogP) is -0.853. The van der Waals surface area contributed by atoms with Gasteiger partial charge in [-0.2, -0.15) is 9.99 Å². The van der Waals surface area contributed by atoms with Crippen LogP contribution in [0.4, 0.5) is 0 Å². The van der Waals surface area contributed by atoms with E-state index in [1.54, 1.807) is 0 Å². The summed E-state index contributed by atoms with van der Waals surface area (Å²) >= 11 is 0. The molecule has 0 amide bonds. The zero-order chi connectivity index (χ0) is 7.07. The molecule has 56 valence electrons.